The molecule has 22 heteroatoms. The Bertz CT molecular complexity index is 4780. The zero-order valence-corrected chi connectivity index (χ0v) is 81.1. The predicted molar refractivity (Wildman–Crippen MR) is 494 cm³/mol. The minimum absolute atomic E-state index is 0. The summed E-state index contributed by atoms with van der Waals surface area (Å²) >= 11 is 0. The van der Waals surface area contributed by atoms with Gasteiger partial charge >= 0.3 is 0 Å². The smallest absolute Gasteiger partial charge is 0.173 e. The molecule has 0 saturated carbocycles. The molecule has 1 aliphatic carbocycles. The van der Waals surface area contributed by atoms with Gasteiger partial charge in [-0.05, 0) is 172 Å². The van der Waals surface area contributed by atoms with Gasteiger partial charge in [0.2, 0.25) is 0 Å². The molecule has 24 bridgehead atoms. The van der Waals surface area contributed by atoms with Crippen molar-refractivity contribution in [2.45, 2.75) is 182 Å². The predicted octanol–water partition coefficient (Wildman–Crippen LogP) is 6.61. The number of phenolic OH excluding ortho intramolecular Hbond substituents is 2. The normalized spacial score (nSPS) is 15.5. The summed E-state index contributed by atoms with van der Waals surface area (Å²) in [7, 11) is 0. The van der Waals surface area contributed by atoms with Crippen molar-refractivity contribution in [3.8, 4) is 68.2 Å². The third kappa shape index (κ3) is 31.3. The van der Waals surface area contributed by atoms with Crippen molar-refractivity contribution >= 4 is 0 Å². The number of aromatic hydroxyl groups is 2. The van der Waals surface area contributed by atoms with Crippen LogP contribution in [0.4, 0.5) is 0 Å². The molecule has 15 aliphatic rings. The lowest BCUT2D eigenvalue weighted by Crippen LogP contribution is -3.00. The number of phenols is 2. The molecule has 0 fully saturated rings. The van der Waals surface area contributed by atoms with Crippen LogP contribution in [-0.4, -0.2) is 129 Å². The van der Waals surface area contributed by atoms with Crippen LogP contribution in [0.1, 0.15) is 187 Å². The number of rotatable bonds is 0. The van der Waals surface area contributed by atoms with Crippen LogP contribution in [-0.2, 0) is 102 Å². The Morgan fingerprint density at radius 1 is 0.231 bits per heavy atom. The maximum Gasteiger partial charge on any atom is 0.173 e. The Kier molecular flexibility index (Phi) is 40.3. The summed E-state index contributed by atoms with van der Waals surface area (Å²) in [4.78, 5) is 0. The molecule has 0 saturated heterocycles. The molecule has 26 rings (SSSR count). The fraction of sp³-hybridized carbons (Fsp3) is 0.426. The van der Waals surface area contributed by atoms with E-state index in [1.165, 1.54) is 55.6 Å². The number of ether oxygens (including phenoxy) is 12. The van der Waals surface area contributed by atoms with E-state index in [0.717, 1.165) is 131 Å². The molecule has 0 spiro atoms. The SMILES string of the molecule is CC(C)(C)c1cc2c(O)c(c1)Cc1cc(C(C)(C)C)cc3c1OCCCC[n+]1ccc(cc1)-c1cc[n+](cc1)Cc1ccc(cc1)C[n+]1ccc(cc1)-c1cc[n+](cc1)CCCCOc1c(cc(C(C)(C)C)cc1Cc1cc(C(C)(C)C)cc(c1O)C3)C2.[Cl-].[Cl-].[Cl-].[Cl-].c1cc2ccc1OCCOCCOCCOCCOc1ccc(cc1)OCCOCCOCCOCCO2. The molecule has 0 radical (unpaired) electrons. The van der Waals surface area contributed by atoms with Gasteiger partial charge in [0.25, 0.3) is 0 Å². The largest absolute Gasteiger partial charge is 1.00 e. The Balaban J connectivity index is 0.000000382. The average Bonchev–Trinajstić information content (AvgIpc) is 0.761. The molecule has 18 nitrogen and oxygen atoms in total. The van der Waals surface area contributed by atoms with Crippen LogP contribution in [0.25, 0.3) is 22.3 Å². The summed E-state index contributed by atoms with van der Waals surface area (Å²) in [5.41, 5.74) is 18.8. The topological polar surface area (TPSA) is 167 Å². The molecule has 18 heterocycles. The van der Waals surface area contributed by atoms with Gasteiger partial charge in [-0.15, -0.1) is 0 Å². The first-order chi connectivity index (χ1) is 60.8. The maximum absolute atomic E-state index is 12.9. The number of aryl methyl sites for hydroxylation is 2. The van der Waals surface area contributed by atoms with Gasteiger partial charge in [-0.1, -0.05) is 156 Å². The van der Waals surface area contributed by atoms with Crippen LogP contribution < -0.4 is 96.3 Å². The lowest BCUT2D eigenvalue weighted by molar-refractivity contribution is -0.697. The Morgan fingerprint density at radius 3 is 0.662 bits per heavy atom. The lowest BCUT2D eigenvalue weighted by atomic mass is 9.79. The fourth-order valence-electron chi connectivity index (χ4n) is 15.7. The van der Waals surface area contributed by atoms with E-state index in [4.69, 9.17) is 56.8 Å². The van der Waals surface area contributed by atoms with Gasteiger partial charge in [0.05, 0.1) is 92.5 Å². The summed E-state index contributed by atoms with van der Waals surface area (Å²) in [5.74, 6) is 5.35. The van der Waals surface area contributed by atoms with Gasteiger partial charge in [0.15, 0.2) is 62.7 Å². The van der Waals surface area contributed by atoms with Crippen LogP contribution in [0, 0.1) is 0 Å². The minimum Gasteiger partial charge on any atom is -1.00 e. The zero-order valence-electron chi connectivity index (χ0n) is 78.1. The standard InChI is InChI=1S/C80H92N4O4.C28H40O10.4ClH/c1-77(2,3)69-45-61-41-65-49-71(79(7,8)9)51-67-43-63-47-70(78(4,5)6)48-64(74(63)86)44-68-52-72(80(10,11)12)50-66(42-62(46-69)73(61)85)76(68)88-40-16-14-30-82-33-23-58(24-34-82)60-27-37-84(38-28-60)54-56-19-17-55(18-20-56)53-83-35-25-59(26-36-83)57-21-31-81(32-22-57)29-13-15-39-87-75(65)67;1-2-26-4-3-25(1)35-21-17-31-13-9-29-11-15-33-19-23-37-27-5-7-28(8-6-27)38-24-20-34-16-12-30-10-14-32-18-22-36-26;;;;/h17-28,31-38,45-52H,13-16,29-30,39-44,53-54H2,1-12H3;1-8H,9-24H2;4*1H/q+2;;;;;/p-2. The second-order valence-electron chi connectivity index (χ2n) is 37.3. The molecule has 0 amide bonds. The molecular formula is C108H134Cl4N4O14. The molecule has 14 aliphatic heterocycles. The Labute approximate surface area is 796 Å². The lowest BCUT2D eigenvalue weighted by Gasteiger charge is -2.28. The number of pyridine rings is 4. The fourth-order valence-corrected chi connectivity index (χ4v) is 15.7. The first kappa shape index (κ1) is 104. The van der Waals surface area contributed by atoms with Crippen molar-refractivity contribution in [2.75, 3.05) is 119 Å². The summed E-state index contributed by atoms with van der Waals surface area (Å²) < 4.78 is 79.3. The van der Waals surface area contributed by atoms with E-state index >= 15 is 0 Å². The van der Waals surface area contributed by atoms with Gasteiger partial charge < -0.3 is 117 Å². The van der Waals surface area contributed by atoms with Gasteiger partial charge in [-0.25, -0.2) is 18.3 Å². The van der Waals surface area contributed by atoms with Crippen LogP contribution in [0.15, 0.2) is 219 Å². The van der Waals surface area contributed by atoms with E-state index in [1.54, 1.807) is 0 Å². The number of halogens is 4. The first-order valence-electron chi connectivity index (χ1n) is 45.3. The third-order valence-electron chi connectivity index (χ3n) is 23.2. The molecular weight excluding hydrogens is 1720 g/mol. The number of aromatic nitrogens is 4. The van der Waals surface area contributed by atoms with E-state index in [9.17, 15) is 10.2 Å². The van der Waals surface area contributed by atoms with Crippen LogP contribution in [0.5, 0.6) is 46.0 Å². The highest BCUT2D eigenvalue weighted by Crippen LogP contribution is 2.45. The highest BCUT2D eigenvalue weighted by Gasteiger charge is 2.30. The van der Waals surface area contributed by atoms with Crippen molar-refractivity contribution in [1.29, 1.82) is 0 Å². The van der Waals surface area contributed by atoms with Crippen molar-refractivity contribution < 1.29 is 135 Å². The van der Waals surface area contributed by atoms with Gasteiger partial charge in [0, 0.05) is 98.2 Å². The van der Waals surface area contributed by atoms with Gasteiger partial charge in [-0.2, -0.15) is 0 Å². The monoisotopic (exact) mass is 1850 g/mol. The first-order valence-corrected chi connectivity index (χ1v) is 45.3. The molecule has 0 atom stereocenters. The summed E-state index contributed by atoms with van der Waals surface area (Å²) in [5, 5.41) is 25.9. The third-order valence-corrected chi connectivity index (χ3v) is 23.2. The number of hydrogen-bond acceptors (Lipinski definition) is 14. The molecule has 4 aromatic heterocycles. The zero-order chi connectivity index (χ0) is 88.5. The molecule has 0 unspecified atom stereocenters. The average molecular weight is 1850 g/mol. The highest BCUT2D eigenvalue weighted by atomic mass is 35.5. The van der Waals surface area contributed by atoms with Gasteiger partial charge in [-0.3, -0.25) is 0 Å². The number of nitrogens with zero attached hydrogens (tertiary/aromatic N) is 4. The number of benzene rings is 7. The van der Waals surface area contributed by atoms with Crippen molar-refractivity contribution in [3.63, 3.8) is 0 Å². The summed E-state index contributed by atoms with van der Waals surface area (Å²) in [6.07, 6.45) is 22.9. The Morgan fingerprint density at radius 2 is 0.438 bits per heavy atom. The number of fused-ring (bicyclic) bond motifs is 2. The van der Waals surface area contributed by atoms with E-state index in [-0.39, 0.29) is 71.3 Å². The minimum atomic E-state index is -0.205. The van der Waals surface area contributed by atoms with E-state index in [1.807, 2.05) is 48.5 Å². The molecule has 130 heavy (non-hydrogen) atoms. The van der Waals surface area contributed by atoms with Crippen LogP contribution in [0.3, 0.4) is 0 Å². The quantitative estimate of drug-likeness (QED) is 0.156. The van der Waals surface area contributed by atoms with E-state index in [2.05, 4.69) is 272 Å². The maximum atomic E-state index is 12.9. The highest BCUT2D eigenvalue weighted by molar-refractivity contribution is 5.63. The molecule has 698 valence electrons. The van der Waals surface area contributed by atoms with Crippen molar-refractivity contribution in [1.82, 2.24) is 0 Å². The Hall–Kier alpha value is -9.54. The molecule has 2 N–H and O–H groups in total. The van der Waals surface area contributed by atoms with E-state index in [0.29, 0.717) is 156 Å². The van der Waals surface area contributed by atoms with Crippen LogP contribution >= 0.6 is 0 Å². The van der Waals surface area contributed by atoms with Crippen molar-refractivity contribution in [3.05, 3.63) is 297 Å². The van der Waals surface area contributed by atoms with E-state index < -0.39 is 0 Å². The molecule has 7 aromatic carbocycles. The second kappa shape index (κ2) is 50.4. The number of hydrogen-bond donors (Lipinski definition) is 2. The van der Waals surface area contributed by atoms with Crippen LogP contribution in [0.2, 0.25) is 0 Å². The summed E-state index contributed by atoms with van der Waals surface area (Å²) in [6, 6.07) is 59.8. The van der Waals surface area contributed by atoms with Gasteiger partial charge in [0.1, 0.15) is 85.5 Å². The second-order valence-corrected chi connectivity index (χ2v) is 37.3. The molecule has 11 aromatic rings. The summed E-state index contributed by atoms with van der Waals surface area (Å²) in [6.45, 7) is 39.3. The van der Waals surface area contributed by atoms with Crippen molar-refractivity contribution in [2.24, 2.45) is 0 Å².